The van der Waals surface area contributed by atoms with E-state index in [1.807, 2.05) is 6.92 Å². The first-order valence-electron chi connectivity index (χ1n) is 6.89. The van der Waals surface area contributed by atoms with Crippen LogP contribution in [0.25, 0.3) is 11.0 Å². The first-order valence-corrected chi connectivity index (χ1v) is 6.89. The van der Waals surface area contributed by atoms with Crippen molar-refractivity contribution >= 4 is 28.5 Å². The smallest absolute Gasteiger partial charge is 0.287 e. The molecular weight excluding hydrogens is 270 g/mol. The molecular formula is C15H19N3O3. The minimum absolute atomic E-state index is 0.158. The average Bonchev–Trinajstić information content (AvgIpc) is 2.87. The normalized spacial score (nSPS) is 12.1. The fourth-order valence-corrected chi connectivity index (χ4v) is 1.91. The third-order valence-electron chi connectivity index (χ3n) is 3.05. The second kappa shape index (κ2) is 6.30. The summed E-state index contributed by atoms with van der Waals surface area (Å²) in [5.74, 6) is -0.486. The van der Waals surface area contributed by atoms with Crippen LogP contribution < -0.4 is 16.4 Å². The van der Waals surface area contributed by atoms with Crippen LogP contribution in [0.2, 0.25) is 0 Å². The molecule has 1 atom stereocenters. The molecule has 112 valence electrons. The number of nitrogens with one attached hydrogen (secondary N) is 2. The summed E-state index contributed by atoms with van der Waals surface area (Å²) in [6, 6.07) is 6.13. The topological polar surface area (TPSA) is 97.4 Å². The summed E-state index contributed by atoms with van der Waals surface area (Å²) >= 11 is 0. The van der Waals surface area contributed by atoms with Crippen molar-refractivity contribution < 1.29 is 14.0 Å². The number of furan rings is 1. The number of nitrogens with two attached hydrogens (primary N) is 1. The molecule has 0 aliphatic rings. The Labute approximate surface area is 122 Å². The van der Waals surface area contributed by atoms with Gasteiger partial charge in [0, 0.05) is 17.6 Å². The number of amides is 2. The van der Waals surface area contributed by atoms with E-state index in [4.69, 9.17) is 10.2 Å². The van der Waals surface area contributed by atoms with Gasteiger partial charge >= 0.3 is 0 Å². The van der Waals surface area contributed by atoms with Gasteiger partial charge in [-0.05, 0) is 37.6 Å². The molecule has 1 heterocycles. The van der Waals surface area contributed by atoms with E-state index in [0.717, 1.165) is 11.8 Å². The second-order valence-electron chi connectivity index (χ2n) is 4.89. The highest BCUT2D eigenvalue weighted by atomic mass is 16.3. The molecule has 0 spiro atoms. The monoisotopic (exact) mass is 289 g/mol. The third kappa shape index (κ3) is 3.53. The summed E-state index contributed by atoms with van der Waals surface area (Å²) < 4.78 is 5.45. The standard InChI is InChI=1S/C15H19N3O3/c1-3-6-17-14(19)9(2)18-15(20)13-8-10-7-11(16)4-5-12(10)21-13/h4-5,7-9H,3,6,16H2,1-2H3,(H,17,19)(H,18,20). The summed E-state index contributed by atoms with van der Waals surface area (Å²) in [5, 5.41) is 6.08. The minimum atomic E-state index is -0.623. The highest BCUT2D eigenvalue weighted by molar-refractivity contribution is 5.98. The van der Waals surface area contributed by atoms with Gasteiger partial charge in [-0.25, -0.2) is 0 Å². The molecule has 0 saturated heterocycles. The van der Waals surface area contributed by atoms with E-state index in [2.05, 4.69) is 10.6 Å². The molecule has 2 amide bonds. The van der Waals surface area contributed by atoms with Crippen molar-refractivity contribution in [1.82, 2.24) is 10.6 Å². The maximum absolute atomic E-state index is 12.1. The molecule has 6 nitrogen and oxygen atoms in total. The number of benzene rings is 1. The summed E-state index contributed by atoms with van der Waals surface area (Å²) in [6.45, 7) is 4.18. The van der Waals surface area contributed by atoms with E-state index in [1.54, 1.807) is 31.2 Å². The number of nitrogen functional groups attached to an aromatic ring is 1. The van der Waals surface area contributed by atoms with Gasteiger partial charge in [0.25, 0.3) is 5.91 Å². The molecule has 1 aromatic heterocycles. The van der Waals surface area contributed by atoms with Crippen molar-refractivity contribution in [3.8, 4) is 0 Å². The Morgan fingerprint density at radius 2 is 2.10 bits per heavy atom. The van der Waals surface area contributed by atoms with Gasteiger partial charge in [-0.3, -0.25) is 9.59 Å². The van der Waals surface area contributed by atoms with E-state index in [9.17, 15) is 9.59 Å². The lowest BCUT2D eigenvalue weighted by Gasteiger charge is -2.12. The zero-order valence-corrected chi connectivity index (χ0v) is 12.1. The number of carbonyl (C=O) groups excluding carboxylic acids is 2. The predicted octanol–water partition coefficient (Wildman–Crippen LogP) is 1.66. The van der Waals surface area contributed by atoms with Gasteiger partial charge < -0.3 is 20.8 Å². The van der Waals surface area contributed by atoms with Crippen molar-refractivity contribution in [2.24, 2.45) is 0 Å². The van der Waals surface area contributed by atoms with Crippen molar-refractivity contribution in [1.29, 1.82) is 0 Å². The maximum Gasteiger partial charge on any atom is 0.287 e. The molecule has 0 aliphatic heterocycles. The van der Waals surface area contributed by atoms with Crippen molar-refractivity contribution in [2.45, 2.75) is 26.3 Å². The molecule has 1 aromatic carbocycles. The van der Waals surface area contributed by atoms with E-state index in [-0.39, 0.29) is 11.7 Å². The Balaban J connectivity index is 2.06. The van der Waals surface area contributed by atoms with E-state index >= 15 is 0 Å². The van der Waals surface area contributed by atoms with Crippen molar-refractivity contribution in [2.75, 3.05) is 12.3 Å². The third-order valence-corrected chi connectivity index (χ3v) is 3.05. The van der Waals surface area contributed by atoms with Crippen LogP contribution in [0.4, 0.5) is 5.69 Å². The number of hydrogen-bond donors (Lipinski definition) is 3. The number of hydrogen-bond acceptors (Lipinski definition) is 4. The van der Waals surface area contributed by atoms with Crippen LogP contribution >= 0.6 is 0 Å². The number of carbonyl (C=O) groups is 2. The zero-order valence-electron chi connectivity index (χ0n) is 12.1. The van der Waals surface area contributed by atoms with Crippen LogP contribution in [0.1, 0.15) is 30.8 Å². The molecule has 0 saturated carbocycles. The van der Waals surface area contributed by atoms with Gasteiger partial charge in [-0.15, -0.1) is 0 Å². The summed E-state index contributed by atoms with van der Waals surface area (Å²) in [7, 11) is 0. The van der Waals surface area contributed by atoms with Crippen LogP contribution in [-0.4, -0.2) is 24.4 Å². The number of fused-ring (bicyclic) bond motifs is 1. The Hall–Kier alpha value is -2.50. The van der Waals surface area contributed by atoms with Gasteiger partial charge in [0.05, 0.1) is 0 Å². The van der Waals surface area contributed by atoms with Crippen molar-refractivity contribution in [3.63, 3.8) is 0 Å². The molecule has 6 heteroatoms. The molecule has 21 heavy (non-hydrogen) atoms. The first-order chi connectivity index (χ1) is 10.0. The van der Waals surface area contributed by atoms with Gasteiger partial charge in [0.2, 0.25) is 5.91 Å². The molecule has 1 unspecified atom stereocenters. The average molecular weight is 289 g/mol. The Morgan fingerprint density at radius 3 is 2.81 bits per heavy atom. The lowest BCUT2D eigenvalue weighted by molar-refractivity contribution is -0.122. The first kappa shape index (κ1) is 14.9. The van der Waals surface area contributed by atoms with Crippen LogP contribution in [0.15, 0.2) is 28.7 Å². The minimum Gasteiger partial charge on any atom is -0.451 e. The second-order valence-corrected chi connectivity index (χ2v) is 4.89. The quantitative estimate of drug-likeness (QED) is 0.729. The molecule has 2 aromatic rings. The highest BCUT2D eigenvalue weighted by Gasteiger charge is 2.18. The van der Waals surface area contributed by atoms with Gasteiger partial charge in [-0.2, -0.15) is 0 Å². The lowest BCUT2D eigenvalue weighted by Crippen LogP contribution is -2.44. The molecule has 0 fully saturated rings. The van der Waals surface area contributed by atoms with Crippen LogP contribution in [-0.2, 0) is 4.79 Å². The fourth-order valence-electron chi connectivity index (χ4n) is 1.91. The Bertz CT molecular complexity index is 663. The van der Waals surface area contributed by atoms with Gasteiger partial charge in [0.15, 0.2) is 5.76 Å². The lowest BCUT2D eigenvalue weighted by atomic mass is 10.2. The zero-order chi connectivity index (χ0) is 15.4. The van der Waals surface area contributed by atoms with Crippen LogP contribution in [0.5, 0.6) is 0 Å². The SMILES string of the molecule is CCCNC(=O)C(C)NC(=O)c1cc2cc(N)ccc2o1. The van der Waals surface area contributed by atoms with Crippen LogP contribution in [0, 0.1) is 0 Å². The summed E-state index contributed by atoms with van der Waals surface area (Å²) in [6.07, 6.45) is 0.845. The molecule has 0 bridgehead atoms. The predicted molar refractivity (Wildman–Crippen MR) is 80.9 cm³/mol. The Morgan fingerprint density at radius 1 is 1.33 bits per heavy atom. The highest BCUT2D eigenvalue weighted by Crippen LogP contribution is 2.21. The molecule has 0 aliphatic carbocycles. The maximum atomic E-state index is 12.1. The molecule has 2 rings (SSSR count). The van der Waals surface area contributed by atoms with E-state index in [0.29, 0.717) is 17.8 Å². The Kier molecular flexibility index (Phi) is 4.47. The number of anilines is 1. The van der Waals surface area contributed by atoms with E-state index < -0.39 is 11.9 Å². The van der Waals surface area contributed by atoms with Crippen LogP contribution in [0.3, 0.4) is 0 Å². The van der Waals surface area contributed by atoms with Crippen molar-refractivity contribution in [3.05, 3.63) is 30.0 Å². The van der Waals surface area contributed by atoms with Gasteiger partial charge in [0.1, 0.15) is 11.6 Å². The summed E-state index contributed by atoms with van der Waals surface area (Å²) in [5.41, 5.74) is 6.86. The van der Waals surface area contributed by atoms with E-state index in [1.165, 1.54) is 0 Å². The molecule has 4 N–H and O–H groups in total. The summed E-state index contributed by atoms with van der Waals surface area (Å²) in [4.78, 5) is 23.8. The fraction of sp³-hybridized carbons (Fsp3) is 0.333. The van der Waals surface area contributed by atoms with Gasteiger partial charge in [-0.1, -0.05) is 6.92 Å². The number of rotatable bonds is 5. The largest absolute Gasteiger partial charge is 0.451 e. The molecule has 0 radical (unpaired) electrons.